The van der Waals surface area contributed by atoms with Gasteiger partial charge in [0.15, 0.2) is 0 Å². The summed E-state index contributed by atoms with van der Waals surface area (Å²) in [6.45, 7) is 1.57. The topological polar surface area (TPSA) is 48.6 Å². The molecule has 0 spiro atoms. The average molecular weight is 111 g/mol. The maximum Gasteiger partial charge on any atom is 0.134 e. The number of aromatic nitrogens is 2. The highest BCUT2D eigenvalue weighted by Gasteiger charge is 2.01. The minimum atomic E-state index is -0.707. The van der Waals surface area contributed by atoms with Crippen molar-refractivity contribution in [2.45, 2.75) is 13.0 Å². The van der Waals surface area contributed by atoms with Gasteiger partial charge in [-0.2, -0.15) is 5.10 Å². The molecule has 0 aromatic carbocycles. The number of hydrogen-bond donors (Lipinski definition) is 1. The summed E-state index contributed by atoms with van der Waals surface area (Å²) < 4.78 is 0. The smallest absolute Gasteiger partial charge is 0.134 e. The fourth-order valence-electron chi connectivity index (χ4n) is 0.498. The Labute approximate surface area is 47.4 Å². The number of aromatic amines is 1. The van der Waals surface area contributed by atoms with Crippen molar-refractivity contribution < 1.29 is 5.11 Å². The van der Waals surface area contributed by atoms with E-state index in [1.165, 1.54) is 0 Å². The van der Waals surface area contributed by atoms with E-state index in [1.54, 1.807) is 19.2 Å². The molecule has 1 aromatic rings. The highest BCUT2D eigenvalue weighted by atomic mass is 16.3. The molecular formula is C5H7N2O. The average Bonchev–Trinajstić information content (AvgIpc) is 2.12. The van der Waals surface area contributed by atoms with Crippen molar-refractivity contribution in [1.29, 1.82) is 0 Å². The highest BCUT2D eigenvalue weighted by Crippen LogP contribution is 2.05. The lowest BCUT2D eigenvalue weighted by atomic mass is 10.3. The molecule has 1 heterocycles. The molecule has 1 aromatic heterocycles. The molecule has 3 heteroatoms. The van der Waals surface area contributed by atoms with Crippen LogP contribution in [-0.2, 0) is 5.11 Å². The van der Waals surface area contributed by atoms with Crippen molar-refractivity contribution in [3.05, 3.63) is 18.0 Å². The van der Waals surface area contributed by atoms with E-state index >= 15 is 0 Å². The molecule has 1 radical (unpaired) electrons. The molecular weight excluding hydrogens is 104 g/mol. The van der Waals surface area contributed by atoms with Crippen LogP contribution in [-0.4, -0.2) is 10.2 Å². The van der Waals surface area contributed by atoms with Crippen LogP contribution in [0.5, 0.6) is 0 Å². The third-order valence-electron chi connectivity index (χ3n) is 0.939. The second-order valence-electron chi connectivity index (χ2n) is 1.64. The zero-order chi connectivity index (χ0) is 5.98. The molecule has 43 valence electrons. The van der Waals surface area contributed by atoms with Crippen molar-refractivity contribution in [2.75, 3.05) is 0 Å². The lowest BCUT2D eigenvalue weighted by molar-refractivity contribution is 0.102. The molecule has 1 atom stereocenters. The number of hydrogen-bond acceptors (Lipinski definition) is 1. The van der Waals surface area contributed by atoms with Crippen molar-refractivity contribution in [3.8, 4) is 0 Å². The molecule has 0 bridgehead atoms. The Kier molecular flexibility index (Phi) is 1.30. The Hall–Kier alpha value is -0.830. The number of H-pyrrole nitrogens is 1. The first-order chi connectivity index (χ1) is 3.80. The van der Waals surface area contributed by atoms with Crippen LogP contribution >= 0.6 is 0 Å². The maximum atomic E-state index is 10.5. The minimum Gasteiger partial charge on any atom is -0.285 e. The summed E-state index contributed by atoms with van der Waals surface area (Å²) in [5, 5.41) is 16.7. The molecule has 0 aliphatic heterocycles. The third-order valence-corrected chi connectivity index (χ3v) is 0.939. The molecule has 0 aliphatic carbocycles. The summed E-state index contributed by atoms with van der Waals surface area (Å²) in [6, 6.07) is 1.68. The van der Waals surface area contributed by atoms with Gasteiger partial charge in [-0.05, 0) is 13.0 Å². The van der Waals surface area contributed by atoms with Gasteiger partial charge >= 0.3 is 0 Å². The van der Waals surface area contributed by atoms with Gasteiger partial charge in [0.25, 0.3) is 0 Å². The van der Waals surface area contributed by atoms with E-state index < -0.39 is 6.10 Å². The number of nitrogens with zero attached hydrogens (tertiary/aromatic N) is 1. The Morgan fingerprint density at radius 3 is 2.88 bits per heavy atom. The fraction of sp³-hybridized carbons (Fsp3) is 0.400. The number of nitrogens with one attached hydrogen (secondary N) is 1. The Morgan fingerprint density at radius 2 is 2.62 bits per heavy atom. The molecule has 1 unspecified atom stereocenters. The first-order valence-corrected chi connectivity index (χ1v) is 2.46. The molecule has 0 saturated carbocycles. The van der Waals surface area contributed by atoms with Crippen LogP contribution in [0.25, 0.3) is 0 Å². The van der Waals surface area contributed by atoms with Crippen LogP contribution in [0.2, 0.25) is 0 Å². The van der Waals surface area contributed by atoms with Gasteiger partial charge in [-0.1, -0.05) is 0 Å². The molecule has 0 saturated heterocycles. The zero-order valence-corrected chi connectivity index (χ0v) is 4.59. The third kappa shape index (κ3) is 0.869. The van der Waals surface area contributed by atoms with E-state index in [9.17, 15) is 5.11 Å². The van der Waals surface area contributed by atoms with E-state index in [0.717, 1.165) is 0 Å². The molecule has 1 rings (SSSR count). The molecule has 8 heavy (non-hydrogen) atoms. The number of rotatable bonds is 1. The van der Waals surface area contributed by atoms with Gasteiger partial charge in [0.1, 0.15) is 6.10 Å². The van der Waals surface area contributed by atoms with Gasteiger partial charge in [-0.3, -0.25) is 5.10 Å². The standard InChI is InChI=1S/C5H7N2O/c1-4(8)5-2-3-6-7-5/h2-4H,1H3,(H,6,7). The predicted molar refractivity (Wildman–Crippen MR) is 27.7 cm³/mol. The van der Waals surface area contributed by atoms with Crippen LogP contribution in [0.1, 0.15) is 18.7 Å². The molecule has 1 N–H and O–H groups in total. The van der Waals surface area contributed by atoms with Gasteiger partial charge in [0.05, 0.1) is 5.69 Å². The Morgan fingerprint density at radius 1 is 1.88 bits per heavy atom. The fourth-order valence-corrected chi connectivity index (χ4v) is 0.498. The quantitative estimate of drug-likeness (QED) is 0.575. The zero-order valence-electron chi connectivity index (χ0n) is 4.59. The Bertz CT molecular complexity index is 145. The molecule has 3 nitrogen and oxygen atoms in total. The van der Waals surface area contributed by atoms with E-state index in [4.69, 9.17) is 0 Å². The summed E-state index contributed by atoms with van der Waals surface area (Å²) in [5.41, 5.74) is 0.574. The second kappa shape index (κ2) is 1.96. The van der Waals surface area contributed by atoms with Crippen molar-refractivity contribution in [3.63, 3.8) is 0 Å². The van der Waals surface area contributed by atoms with Crippen LogP contribution in [0.3, 0.4) is 0 Å². The van der Waals surface area contributed by atoms with E-state index in [0.29, 0.717) is 5.69 Å². The summed E-state index contributed by atoms with van der Waals surface area (Å²) in [4.78, 5) is 0. The van der Waals surface area contributed by atoms with Gasteiger partial charge < -0.3 is 0 Å². The van der Waals surface area contributed by atoms with Crippen molar-refractivity contribution >= 4 is 0 Å². The van der Waals surface area contributed by atoms with Crippen LogP contribution in [0.15, 0.2) is 12.3 Å². The van der Waals surface area contributed by atoms with Gasteiger partial charge in [0.2, 0.25) is 0 Å². The van der Waals surface area contributed by atoms with Crippen LogP contribution in [0, 0.1) is 0 Å². The van der Waals surface area contributed by atoms with E-state index in [-0.39, 0.29) is 0 Å². The summed E-state index contributed by atoms with van der Waals surface area (Å²) in [7, 11) is 0. The lowest BCUT2D eigenvalue weighted by Crippen LogP contribution is -1.87. The summed E-state index contributed by atoms with van der Waals surface area (Å²) >= 11 is 0. The maximum absolute atomic E-state index is 10.5. The van der Waals surface area contributed by atoms with Crippen molar-refractivity contribution in [2.24, 2.45) is 0 Å². The first kappa shape index (κ1) is 5.31. The van der Waals surface area contributed by atoms with E-state index in [1.807, 2.05) is 0 Å². The molecule has 0 amide bonds. The van der Waals surface area contributed by atoms with Crippen molar-refractivity contribution in [1.82, 2.24) is 10.2 Å². The lowest BCUT2D eigenvalue weighted by Gasteiger charge is -1.90. The summed E-state index contributed by atoms with van der Waals surface area (Å²) in [6.07, 6.45) is 0.935. The summed E-state index contributed by atoms with van der Waals surface area (Å²) in [5.74, 6) is 0. The molecule has 0 aliphatic rings. The minimum absolute atomic E-state index is 0.574. The second-order valence-corrected chi connectivity index (χ2v) is 1.64. The molecule has 0 fully saturated rings. The Balaban J connectivity index is 2.77. The monoisotopic (exact) mass is 111 g/mol. The first-order valence-electron chi connectivity index (χ1n) is 2.46. The SMILES string of the molecule is CC([O])c1cc[nH]n1. The highest BCUT2D eigenvalue weighted by molar-refractivity contribution is 4.99. The van der Waals surface area contributed by atoms with Crippen LogP contribution in [0.4, 0.5) is 0 Å². The van der Waals surface area contributed by atoms with Crippen LogP contribution < -0.4 is 0 Å². The normalized spacial score (nSPS) is 13.8. The van der Waals surface area contributed by atoms with Gasteiger partial charge in [-0.15, -0.1) is 0 Å². The largest absolute Gasteiger partial charge is 0.285 e. The van der Waals surface area contributed by atoms with E-state index in [2.05, 4.69) is 10.2 Å². The predicted octanol–water partition coefficient (Wildman–Crippen LogP) is 0.901. The van der Waals surface area contributed by atoms with Gasteiger partial charge in [-0.25, -0.2) is 5.11 Å². The van der Waals surface area contributed by atoms with Gasteiger partial charge in [0, 0.05) is 6.20 Å².